The number of hydrogen-bond acceptors (Lipinski definition) is 1. The molecule has 0 heterocycles. The molecule has 1 aromatic carbocycles. The first-order chi connectivity index (χ1) is 9.34. The highest BCUT2D eigenvalue weighted by atomic mass is 79.9. The molecule has 1 atom stereocenters. The maximum Gasteiger partial charge on any atom is 0.251 e. The van der Waals surface area contributed by atoms with Gasteiger partial charge >= 0.3 is 0 Å². The van der Waals surface area contributed by atoms with E-state index in [2.05, 4.69) is 48.9 Å². The fourth-order valence-corrected chi connectivity index (χ4v) is 2.28. The zero-order chi connectivity index (χ0) is 15.2. The molecular weight excluding hydrogens is 314 g/mol. The molecule has 0 bridgehead atoms. The molecule has 0 aliphatic carbocycles. The lowest BCUT2D eigenvalue weighted by atomic mass is 9.87. The summed E-state index contributed by atoms with van der Waals surface area (Å²) >= 11 is 3.47. The Balaban J connectivity index is 2.44. The number of carbonyl (C=O) groups is 1. The Bertz CT molecular complexity index is 420. The van der Waals surface area contributed by atoms with Gasteiger partial charge in [0, 0.05) is 17.4 Å². The van der Waals surface area contributed by atoms with Crippen molar-refractivity contribution in [3.05, 3.63) is 35.4 Å². The van der Waals surface area contributed by atoms with Gasteiger partial charge in [-0.15, -0.1) is 0 Å². The zero-order valence-electron chi connectivity index (χ0n) is 13.0. The van der Waals surface area contributed by atoms with Crippen LogP contribution in [0.5, 0.6) is 0 Å². The summed E-state index contributed by atoms with van der Waals surface area (Å²) in [6.45, 7) is 9.48. The predicted molar refractivity (Wildman–Crippen MR) is 89.7 cm³/mol. The highest BCUT2D eigenvalue weighted by Gasteiger charge is 2.14. The molecule has 1 amide bonds. The summed E-state index contributed by atoms with van der Waals surface area (Å²) in [6, 6.07) is 7.91. The molecule has 0 aromatic heterocycles. The van der Waals surface area contributed by atoms with E-state index in [4.69, 9.17) is 0 Å². The summed E-state index contributed by atoms with van der Waals surface area (Å²) in [4.78, 5) is 12.0. The minimum Gasteiger partial charge on any atom is -0.352 e. The van der Waals surface area contributed by atoms with Crippen LogP contribution in [0.25, 0.3) is 0 Å². The van der Waals surface area contributed by atoms with Crippen molar-refractivity contribution in [2.45, 2.75) is 46.0 Å². The van der Waals surface area contributed by atoms with Crippen molar-refractivity contribution in [1.29, 1.82) is 0 Å². The van der Waals surface area contributed by atoms with Crippen LogP contribution in [-0.2, 0) is 5.41 Å². The first-order valence-corrected chi connectivity index (χ1v) is 8.41. The maximum atomic E-state index is 12.0. The van der Waals surface area contributed by atoms with Crippen molar-refractivity contribution >= 4 is 21.8 Å². The number of nitrogens with one attached hydrogen (secondary N) is 1. The molecule has 1 rings (SSSR count). The largest absolute Gasteiger partial charge is 0.352 e. The fourth-order valence-electron chi connectivity index (χ4n) is 1.95. The molecule has 1 N–H and O–H groups in total. The molecule has 0 saturated heterocycles. The van der Waals surface area contributed by atoms with Crippen molar-refractivity contribution < 1.29 is 4.79 Å². The van der Waals surface area contributed by atoms with Gasteiger partial charge < -0.3 is 5.32 Å². The quantitative estimate of drug-likeness (QED) is 0.598. The van der Waals surface area contributed by atoms with E-state index in [0.29, 0.717) is 5.92 Å². The average molecular weight is 340 g/mol. The van der Waals surface area contributed by atoms with E-state index in [1.54, 1.807) is 0 Å². The summed E-state index contributed by atoms with van der Waals surface area (Å²) in [5.41, 5.74) is 2.12. The second-order valence-corrected chi connectivity index (χ2v) is 7.13. The second kappa shape index (κ2) is 7.82. The number of alkyl halides is 1. The van der Waals surface area contributed by atoms with Crippen LogP contribution in [0.3, 0.4) is 0 Å². The van der Waals surface area contributed by atoms with E-state index in [-0.39, 0.29) is 11.3 Å². The van der Waals surface area contributed by atoms with Gasteiger partial charge in [0.2, 0.25) is 0 Å². The molecule has 1 aromatic rings. The van der Waals surface area contributed by atoms with Gasteiger partial charge in [0.05, 0.1) is 0 Å². The molecule has 0 aliphatic rings. The molecule has 1 unspecified atom stereocenters. The lowest BCUT2D eigenvalue weighted by molar-refractivity contribution is 0.0952. The van der Waals surface area contributed by atoms with Crippen molar-refractivity contribution in [3.8, 4) is 0 Å². The number of halogens is 1. The van der Waals surface area contributed by atoms with Crippen molar-refractivity contribution in [3.63, 3.8) is 0 Å². The van der Waals surface area contributed by atoms with Gasteiger partial charge in [-0.2, -0.15) is 0 Å². The topological polar surface area (TPSA) is 29.1 Å². The van der Waals surface area contributed by atoms with Crippen LogP contribution in [0, 0.1) is 5.92 Å². The monoisotopic (exact) mass is 339 g/mol. The second-order valence-electron chi connectivity index (χ2n) is 6.48. The number of benzene rings is 1. The molecular formula is C17H26BrNO. The molecule has 0 radical (unpaired) electrons. The summed E-state index contributed by atoms with van der Waals surface area (Å²) < 4.78 is 0. The summed E-state index contributed by atoms with van der Waals surface area (Å²) in [5.74, 6) is 0.690. The van der Waals surface area contributed by atoms with E-state index in [1.165, 1.54) is 5.56 Å². The fraction of sp³-hybridized carbons (Fsp3) is 0.588. The van der Waals surface area contributed by atoms with Gasteiger partial charge in [0.25, 0.3) is 5.91 Å². The SMILES string of the molecule is CC(CBr)CCCNC(=O)c1ccc(C(C)(C)C)cc1. The standard InChI is InChI=1S/C17H26BrNO/c1-13(12-18)6-5-11-19-16(20)14-7-9-15(10-8-14)17(2,3)4/h7-10,13H,5-6,11-12H2,1-4H3,(H,19,20). The third-order valence-electron chi connectivity index (χ3n) is 3.44. The Labute approximate surface area is 131 Å². The minimum absolute atomic E-state index is 0.0250. The van der Waals surface area contributed by atoms with Gasteiger partial charge in [-0.05, 0) is 41.9 Å². The van der Waals surface area contributed by atoms with Gasteiger partial charge in [-0.1, -0.05) is 55.8 Å². The highest BCUT2D eigenvalue weighted by Crippen LogP contribution is 2.22. The first-order valence-electron chi connectivity index (χ1n) is 7.29. The summed E-state index contributed by atoms with van der Waals surface area (Å²) in [7, 11) is 0. The Morgan fingerprint density at radius 1 is 1.25 bits per heavy atom. The smallest absolute Gasteiger partial charge is 0.251 e. The van der Waals surface area contributed by atoms with Crippen LogP contribution in [0.15, 0.2) is 24.3 Å². The first kappa shape index (κ1) is 17.2. The molecule has 20 heavy (non-hydrogen) atoms. The van der Waals surface area contributed by atoms with Gasteiger partial charge in [-0.3, -0.25) is 4.79 Å². The van der Waals surface area contributed by atoms with Crippen LogP contribution in [-0.4, -0.2) is 17.8 Å². The average Bonchev–Trinajstić information content (AvgIpc) is 2.42. The third kappa shape index (κ3) is 5.66. The van der Waals surface area contributed by atoms with Crippen LogP contribution in [0.4, 0.5) is 0 Å². The molecule has 0 spiro atoms. The Hall–Kier alpha value is -0.830. The van der Waals surface area contributed by atoms with Gasteiger partial charge in [0.15, 0.2) is 0 Å². The third-order valence-corrected chi connectivity index (χ3v) is 4.54. The molecule has 112 valence electrons. The van der Waals surface area contributed by atoms with E-state index in [9.17, 15) is 4.79 Å². The van der Waals surface area contributed by atoms with Gasteiger partial charge in [0.1, 0.15) is 0 Å². The molecule has 3 heteroatoms. The van der Waals surface area contributed by atoms with Crippen molar-refractivity contribution in [2.24, 2.45) is 5.92 Å². The lowest BCUT2D eigenvalue weighted by Gasteiger charge is -2.19. The summed E-state index contributed by atoms with van der Waals surface area (Å²) in [5, 5.41) is 4.01. The molecule has 0 aliphatic heterocycles. The highest BCUT2D eigenvalue weighted by molar-refractivity contribution is 9.09. The molecule has 0 saturated carbocycles. The van der Waals surface area contributed by atoms with E-state index in [1.807, 2.05) is 24.3 Å². The van der Waals surface area contributed by atoms with E-state index >= 15 is 0 Å². The molecule has 0 fully saturated rings. The van der Waals surface area contributed by atoms with Crippen molar-refractivity contribution in [2.75, 3.05) is 11.9 Å². The normalized spacial score (nSPS) is 13.1. The number of carbonyl (C=O) groups excluding carboxylic acids is 1. The van der Waals surface area contributed by atoms with Crippen LogP contribution >= 0.6 is 15.9 Å². The summed E-state index contributed by atoms with van der Waals surface area (Å²) in [6.07, 6.45) is 2.16. The number of hydrogen-bond donors (Lipinski definition) is 1. The van der Waals surface area contributed by atoms with Crippen LogP contribution in [0.2, 0.25) is 0 Å². The predicted octanol–water partition coefficient (Wildman–Crippen LogP) is 4.53. The van der Waals surface area contributed by atoms with Crippen LogP contribution in [0.1, 0.15) is 56.5 Å². The Morgan fingerprint density at radius 3 is 2.35 bits per heavy atom. The molecule has 2 nitrogen and oxygen atoms in total. The Morgan fingerprint density at radius 2 is 1.85 bits per heavy atom. The number of amides is 1. The Kier molecular flexibility index (Phi) is 6.74. The van der Waals surface area contributed by atoms with E-state index in [0.717, 1.165) is 30.3 Å². The van der Waals surface area contributed by atoms with Crippen molar-refractivity contribution in [1.82, 2.24) is 5.32 Å². The number of rotatable bonds is 6. The lowest BCUT2D eigenvalue weighted by Crippen LogP contribution is -2.25. The minimum atomic E-state index is 0.0250. The zero-order valence-corrected chi connectivity index (χ0v) is 14.6. The maximum absolute atomic E-state index is 12.0. The van der Waals surface area contributed by atoms with Crippen LogP contribution < -0.4 is 5.32 Å². The van der Waals surface area contributed by atoms with Gasteiger partial charge in [-0.25, -0.2) is 0 Å². The van der Waals surface area contributed by atoms with E-state index < -0.39 is 0 Å².